The van der Waals surface area contributed by atoms with Crippen molar-refractivity contribution >= 4 is 17.4 Å². The molecule has 1 aliphatic rings. The van der Waals surface area contributed by atoms with Crippen LogP contribution in [0.1, 0.15) is 25.8 Å². The smallest absolute Gasteiger partial charge is 0.169 e. The summed E-state index contributed by atoms with van der Waals surface area (Å²) in [6.07, 6.45) is 0.711. The van der Waals surface area contributed by atoms with Crippen LogP contribution in [-0.4, -0.2) is 24.6 Å². The molecule has 2 unspecified atom stereocenters. The lowest BCUT2D eigenvalue weighted by atomic mass is 9.90. The predicted octanol–water partition coefficient (Wildman–Crippen LogP) is 3.03. The largest absolute Gasteiger partial charge is 0.487 e. The lowest BCUT2D eigenvalue weighted by Crippen LogP contribution is -2.52. The summed E-state index contributed by atoms with van der Waals surface area (Å²) in [7, 11) is 0. The lowest BCUT2D eigenvalue weighted by Gasteiger charge is -2.34. The van der Waals surface area contributed by atoms with Crippen LogP contribution in [0.2, 0.25) is 5.02 Å². The molecule has 1 aliphatic carbocycles. The van der Waals surface area contributed by atoms with Crippen molar-refractivity contribution < 1.29 is 14.3 Å². The number of carbonyl (C=O) groups is 1. The Kier molecular flexibility index (Phi) is 4.25. The Balaban J connectivity index is 2.03. The fourth-order valence-corrected chi connectivity index (χ4v) is 2.27. The van der Waals surface area contributed by atoms with Gasteiger partial charge in [-0.05, 0) is 37.1 Å². The number of ketones is 1. The summed E-state index contributed by atoms with van der Waals surface area (Å²) in [4.78, 5) is 11.4. The van der Waals surface area contributed by atoms with Gasteiger partial charge < -0.3 is 9.47 Å². The minimum Gasteiger partial charge on any atom is -0.487 e. The fourth-order valence-electron chi connectivity index (χ4n) is 2.02. The van der Waals surface area contributed by atoms with E-state index in [1.807, 2.05) is 32.0 Å². The second-order valence-corrected chi connectivity index (χ2v) is 4.72. The molecule has 3 nitrogen and oxygen atoms in total. The second-order valence-electron chi connectivity index (χ2n) is 4.31. The molecule has 1 aromatic rings. The number of Topliss-reactive ketones (excluding diaryl/α,β-unsaturated/α-hetero) is 1. The predicted molar refractivity (Wildman–Crippen MR) is 70.3 cm³/mol. The summed E-state index contributed by atoms with van der Waals surface area (Å²) >= 11 is 6.05. The standard InChI is InChI=1S/C14H17ClO3/c1-3-9-7-10(5-6-11(9)15)18-13-8-12(16)14(13)17-4-2/h5-7,13-14H,3-4,8H2,1-2H3. The van der Waals surface area contributed by atoms with Gasteiger partial charge in [-0.3, -0.25) is 4.79 Å². The molecule has 18 heavy (non-hydrogen) atoms. The van der Waals surface area contributed by atoms with Gasteiger partial charge in [0.15, 0.2) is 11.9 Å². The maximum absolute atomic E-state index is 11.4. The minimum atomic E-state index is -0.407. The summed E-state index contributed by atoms with van der Waals surface area (Å²) in [5, 5.41) is 0.746. The molecule has 1 fully saturated rings. The summed E-state index contributed by atoms with van der Waals surface area (Å²) in [5.41, 5.74) is 1.05. The third-order valence-electron chi connectivity index (χ3n) is 3.09. The van der Waals surface area contributed by atoms with Crippen LogP contribution in [0.25, 0.3) is 0 Å². The summed E-state index contributed by atoms with van der Waals surface area (Å²) in [5.74, 6) is 0.866. The first kappa shape index (κ1) is 13.4. The number of rotatable bonds is 5. The van der Waals surface area contributed by atoms with Gasteiger partial charge in [-0.15, -0.1) is 0 Å². The number of carbonyl (C=O) groups excluding carboxylic acids is 1. The summed E-state index contributed by atoms with van der Waals surface area (Å²) in [6, 6.07) is 5.58. The molecule has 2 atom stereocenters. The Morgan fingerprint density at radius 3 is 2.78 bits per heavy atom. The third kappa shape index (κ3) is 2.68. The number of hydrogen-bond acceptors (Lipinski definition) is 3. The number of hydrogen-bond donors (Lipinski definition) is 0. The van der Waals surface area contributed by atoms with E-state index in [2.05, 4.69) is 0 Å². The zero-order valence-corrected chi connectivity index (χ0v) is 11.4. The Morgan fingerprint density at radius 1 is 1.39 bits per heavy atom. The summed E-state index contributed by atoms with van der Waals surface area (Å²) in [6.45, 7) is 4.44. The van der Waals surface area contributed by atoms with Crippen LogP contribution in [0, 0.1) is 0 Å². The van der Waals surface area contributed by atoms with E-state index >= 15 is 0 Å². The van der Waals surface area contributed by atoms with Crippen LogP contribution in [0.4, 0.5) is 0 Å². The first-order chi connectivity index (χ1) is 8.65. The van der Waals surface area contributed by atoms with Crippen molar-refractivity contribution in [1.82, 2.24) is 0 Å². The molecular formula is C14H17ClO3. The van der Waals surface area contributed by atoms with Crippen LogP contribution < -0.4 is 4.74 Å². The van der Waals surface area contributed by atoms with E-state index in [0.29, 0.717) is 13.0 Å². The van der Waals surface area contributed by atoms with Gasteiger partial charge in [0.05, 0.1) is 0 Å². The zero-order chi connectivity index (χ0) is 13.1. The van der Waals surface area contributed by atoms with Crippen LogP contribution in [0.3, 0.4) is 0 Å². The van der Waals surface area contributed by atoms with E-state index in [4.69, 9.17) is 21.1 Å². The first-order valence-electron chi connectivity index (χ1n) is 6.25. The van der Waals surface area contributed by atoms with Crippen LogP contribution in [0.5, 0.6) is 5.75 Å². The van der Waals surface area contributed by atoms with Crippen molar-refractivity contribution in [1.29, 1.82) is 0 Å². The van der Waals surface area contributed by atoms with Gasteiger partial charge in [0, 0.05) is 18.1 Å². The molecule has 1 saturated carbocycles. The van der Waals surface area contributed by atoms with Crippen molar-refractivity contribution in [2.75, 3.05) is 6.61 Å². The molecule has 0 radical (unpaired) electrons. The molecule has 2 rings (SSSR count). The van der Waals surface area contributed by atoms with Crippen molar-refractivity contribution in [3.63, 3.8) is 0 Å². The Bertz CT molecular complexity index is 445. The molecule has 0 aliphatic heterocycles. The van der Waals surface area contributed by atoms with Gasteiger partial charge in [0.25, 0.3) is 0 Å². The normalized spacial score (nSPS) is 22.7. The highest BCUT2D eigenvalue weighted by atomic mass is 35.5. The molecule has 4 heteroatoms. The molecule has 98 valence electrons. The van der Waals surface area contributed by atoms with E-state index in [0.717, 1.165) is 22.8 Å². The van der Waals surface area contributed by atoms with Gasteiger partial charge >= 0.3 is 0 Å². The molecule has 0 N–H and O–H groups in total. The average molecular weight is 269 g/mol. The molecule has 0 heterocycles. The van der Waals surface area contributed by atoms with E-state index < -0.39 is 6.10 Å². The monoisotopic (exact) mass is 268 g/mol. The summed E-state index contributed by atoms with van der Waals surface area (Å²) < 4.78 is 11.1. The van der Waals surface area contributed by atoms with Gasteiger partial charge in [-0.2, -0.15) is 0 Å². The highest BCUT2D eigenvalue weighted by Crippen LogP contribution is 2.28. The third-order valence-corrected chi connectivity index (χ3v) is 3.46. The molecule has 1 aromatic carbocycles. The Hall–Kier alpha value is -1.06. The van der Waals surface area contributed by atoms with E-state index in [1.54, 1.807) is 0 Å². The molecule has 0 spiro atoms. The van der Waals surface area contributed by atoms with Gasteiger partial charge in [-0.1, -0.05) is 18.5 Å². The number of benzene rings is 1. The molecule has 0 amide bonds. The quantitative estimate of drug-likeness (QED) is 0.823. The van der Waals surface area contributed by atoms with Gasteiger partial charge in [0.1, 0.15) is 11.9 Å². The van der Waals surface area contributed by atoms with Crippen LogP contribution in [-0.2, 0) is 16.0 Å². The zero-order valence-electron chi connectivity index (χ0n) is 10.6. The number of ether oxygens (including phenoxy) is 2. The molecule has 0 aromatic heterocycles. The number of halogens is 1. The van der Waals surface area contributed by atoms with Crippen molar-refractivity contribution in [3.05, 3.63) is 28.8 Å². The van der Waals surface area contributed by atoms with E-state index in [9.17, 15) is 4.79 Å². The first-order valence-corrected chi connectivity index (χ1v) is 6.62. The fraction of sp³-hybridized carbons (Fsp3) is 0.500. The molecule has 0 bridgehead atoms. The van der Waals surface area contributed by atoms with Gasteiger partial charge in [-0.25, -0.2) is 0 Å². The average Bonchev–Trinajstić information content (AvgIpc) is 2.37. The SMILES string of the molecule is CCOC1C(=O)CC1Oc1ccc(Cl)c(CC)c1. The second kappa shape index (κ2) is 5.72. The topological polar surface area (TPSA) is 35.5 Å². The Labute approximate surface area is 112 Å². The molecular weight excluding hydrogens is 252 g/mol. The minimum absolute atomic E-state index is 0.117. The lowest BCUT2D eigenvalue weighted by molar-refractivity contribution is -0.154. The highest BCUT2D eigenvalue weighted by molar-refractivity contribution is 6.31. The molecule has 0 saturated heterocycles. The van der Waals surface area contributed by atoms with Crippen LogP contribution >= 0.6 is 11.6 Å². The maximum atomic E-state index is 11.4. The van der Waals surface area contributed by atoms with Crippen molar-refractivity contribution in [2.45, 2.75) is 38.9 Å². The van der Waals surface area contributed by atoms with Crippen molar-refractivity contribution in [2.24, 2.45) is 0 Å². The number of aryl methyl sites for hydroxylation is 1. The maximum Gasteiger partial charge on any atom is 0.169 e. The van der Waals surface area contributed by atoms with E-state index in [1.165, 1.54) is 0 Å². The van der Waals surface area contributed by atoms with Crippen LogP contribution in [0.15, 0.2) is 18.2 Å². The Morgan fingerprint density at radius 2 is 2.17 bits per heavy atom. The highest BCUT2D eigenvalue weighted by Gasteiger charge is 2.42. The van der Waals surface area contributed by atoms with Crippen molar-refractivity contribution in [3.8, 4) is 5.75 Å². The van der Waals surface area contributed by atoms with Gasteiger partial charge in [0.2, 0.25) is 0 Å². The van der Waals surface area contributed by atoms with E-state index in [-0.39, 0.29) is 11.9 Å².